The summed E-state index contributed by atoms with van der Waals surface area (Å²) in [5, 5.41) is 6.48. The molecule has 4 heteroatoms. The second-order valence-corrected chi connectivity index (χ2v) is 21.5. The van der Waals surface area contributed by atoms with Crippen molar-refractivity contribution < 1.29 is 0 Å². The molecule has 60 heavy (non-hydrogen) atoms. The van der Waals surface area contributed by atoms with Gasteiger partial charge in [-0.05, 0) is 84.3 Å². The van der Waals surface area contributed by atoms with Crippen LogP contribution in [0.5, 0.6) is 0 Å². The average molecular weight is 786 g/mol. The molecule has 0 saturated heterocycles. The third-order valence-electron chi connectivity index (χ3n) is 11.5. The zero-order chi connectivity index (χ0) is 40.6. The molecule has 1 aromatic heterocycles. The van der Waals surface area contributed by atoms with E-state index in [1.807, 2.05) is 24.3 Å². The fourth-order valence-electron chi connectivity index (χ4n) is 8.40. The molecular weight excluding hydrogens is 743 g/mol. The molecular formula is C56H43N3Si. The molecule has 0 aliphatic carbocycles. The summed E-state index contributed by atoms with van der Waals surface area (Å²) >= 11 is 0. The van der Waals surface area contributed by atoms with E-state index < -0.39 is 8.07 Å². The van der Waals surface area contributed by atoms with Gasteiger partial charge < -0.3 is 0 Å². The minimum absolute atomic E-state index is 0.632. The van der Waals surface area contributed by atoms with Crippen molar-refractivity contribution in [1.82, 2.24) is 15.0 Å². The molecule has 3 nitrogen and oxygen atoms in total. The van der Waals surface area contributed by atoms with E-state index in [0.717, 1.165) is 38.9 Å². The van der Waals surface area contributed by atoms with Gasteiger partial charge in [-0.25, -0.2) is 15.0 Å². The Bertz CT molecular complexity index is 3110. The van der Waals surface area contributed by atoms with Crippen molar-refractivity contribution in [2.45, 2.75) is 19.6 Å². The molecule has 0 amide bonds. The largest absolute Gasteiger partial charge is 0.208 e. The lowest BCUT2D eigenvalue weighted by molar-refractivity contribution is 1.07. The highest BCUT2D eigenvalue weighted by molar-refractivity contribution is 6.88. The van der Waals surface area contributed by atoms with Gasteiger partial charge in [0.2, 0.25) is 0 Å². The molecule has 0 N–H and O–H groups in total. The molecule has 0 spiro atoms. The molecule has 0 saturated carbocycles. The third-order valence-corrected chi connectivity index (χ3v) is 13.5. The molecule has 0 unspecified atom stereocenters. The van der Waals surface area contributed by atoms with Crippen LogP contribution in [0.15, 0.2) is 206 Å². The first kappa shape index (κ1) is 37.0. The number of benzene rings is 9. The van der Waals surface area contributed by atoms with Gasteiger partial charge in [0.05, 0.1) is 8.07 Å². The van der Waals surface area contributed by atoms with Crippen LogP contribution in [0.25, 0.3) is 100 Å². The van der Waals surface area contributed by atoms with E-state index in [4.69, 9.17) is 15.0 Å². The van der Waals surface area contributed by atoms with E-state index >= 15 is 0 Å². The van der Waals surface area contributed by atoms with E-state index in [2.05, 4.69) is 202 Å². The quantitative estimate of drug-likeness (QED) is 0.114. The SMILES string of the molecule is C[Si](C)(C)c1ccc(-c2c3ccccc3c(-c3cccc(-c4cccc(-c5nc(-c6ccccc6)nc(-c6cccc(-c7ccccc7)c6)n5)c4)c3)c3ccccc23)cc1. The summed E-state index contributed by atoms with van der Waals surface area (Å²) in [5.41, 5.74) is 12.3. The minimum atomic E-state index is -1.43. The van der Waals surface area contributed by atoms with Gasteiger partial charge in [-0.1, -0.05) is 213 Å². The zero-order valence-electron chi connectivity index (χ0n) is 34.0. The maximum absolute atomic E-state index is 5.13. The predicted octanol–water partition coefficient (Wildman–Crippen LogP) is 14.4. The van der Waals surface area contributed by atoms with Crippen LogP contribution in [0.1, 0.15) is 0 Å². The lowest BCUT2D eigenvalue weighted by Crippen LogP contribution is -2.37. The van der Waals surface area contributed by atoms with Crippen LogP contribution in [0, 0.1) is 0 Å². The van der Waals surface area contributed by atoms with Gasteiger partial charge in [0, 0.05) is 16.7 Å². The van der Waals surface area contributed by atoms with Crippen molar-refractivity contribution in [3.8, 4) is 78.7 Å². The Balaban J connectivity index is 1.08. The Morgan fingerprint density at radius 3 is 1.07 bits per heavy atom. The molecule has 1 heterocycles. The topological polar surface area (TPSA) is 38.7 Å². The van der Waals surface area contributed by atoms with Crippen LogP contribution in [-0.4, -0.2) is 23.0 Å². The van der Waals surface area contributed by atoms with Crippen molar-refractivity contribution in [3.05, 3.63) is 206 Å². The number of hydrogen-bond donors (Lipinski definition) is 0. The van der Waals surface area contributed by atoms with Crippen LogP contribution >= 0.6 is 0 Å². The Labute approximate surface area is 352 Å². The average Bonchev–Trinajstić information content (AvgIpc) is 3.31. The first-order chi connectivity index (χ1) is 29.4. The summed E-state index contributed by atoms with van der Waals surface area (Å²) in [6.45, 7) is 7.22. The first-order valence-corrected chi connectivity index (χ1v) is 24.1. The molecule has 0 aliphatic rings. The predicted molar refractivity (Wildman–Crippen MR) is 256 cm³/mol. The van der Waals surface area contributed by atoms with Crippen LogP contribution in [0.2, 0.25) is 19.6 Å². The maximum atomic E-state index is 5.13. The molecule has 0 bridgehead atoms. The number of aromatic nitrogens is 3. The fraction of sp³-hybridized carbons (Fsp3) is 0.0536. The van der Waals surface area contributed by atoms with Crippen molar-refractivity contribution in [2.75, 3.05) is 0 Å². The van der Waals surface area contributed by atoms with Crippen LogP contribution < -0.4 is 5.19 Å². The first-order valence-electron chi connectivity index (χ1n) is 20.6. The molecule has 0 radical (unpaired) electrons. The van der Waals surface area contributed by atoms with E-state index in [1.54, 1.807) is 0 Å². The molecule has 0 aliphatic heterocycles. The highest BCUT2D eigenvalue weighted by atomic mass is 28.3. The monoisotopic (exact) mass is 785 g/mol. The third kappa shape index (κ3) is 7.12. The van der Waals surface area contributed by atoms with Crippen LogP contribution in [0.4, 0.5) is 0 Å². The Hall–Kier alpha value is -7.27. The minimum Gasteiger partial charge on any atom is -0.208 e. The van der Waals surface area contributed by atoms with Crippen molar-refractivity contribution in [2.24, 2.45) is 0 Å². The number of fused-ring (bicyclic) bond motifs is 2. The molecule has 286 valence electrons. The standard InChI is InChI=1S/C56H43N3Si/c1-60(2,3)47-33-31-39(32-34-47)52-48-27-10-12-29-50(48)53(51-30-13-11-28-49(51)52)44-24-14-22-42(35-44)43-23-16-26-46(37-43)56-58-54(40-19-8-5-9-20-40)57-55(59-56)45-25-15-21-41(36-45)38-17-6-4-7-18-38/h4-37H,1-3H3. The number of hydrogen-bond acceptors (Lipinski definition) is 3. The highest BCUT2D eigenvalue weighted by Gasteiger charge is 2.20. The molecule has 10 aromatic rings. The Morgan fingerprint density at radius 2 is 0.600 bits per heavy atom. The van der Waals surface area contributed by atoms with Crippen LogP contribution in [0.3, 0.4) is 0 Å². The van der Waals surface area contributed by atoms with Gasteiger partial charge in [0.25, 0.3) is 0 Å². The van der Waals surface area contributed by atoms with E-state index in [9.17, 15) is 0 Å². The van der Waals surface area contributed by atoms with Gasteiger partial charge in [-0.15, -0.1) is 0 Å². The second-order valence-electron chi connectivity index (χ2n) is 16.4. The second kappa shape index (κ2) is 15.5. The molecule has 0 atom stereocenters. The van der Waals surface area contributed by atoms with Gasteiger partial charge in [-0.2, -0.15) is 0 Å². The smallest absolute Gasteiger partial charge is 0.164 e. The summed E-state index contributed by atoms with van der Waals surface area (Å²) in [7, 11) is -1.43. The lowest BCUT2D eigenvalue weighted by atomic mass is 9.85. The van der Waals surface area contributed by atoms with Gasteiger partial charge in [-0.3, -0.25) is 0 Å². The Kier molecular flexibility index (Phi) is 9.55. The highest BCUT2D eigenvalue weighted by Crippen LogP contribution is 2.44. The molecule has 10 rings (SSSR count). The van der Waals surface area contributed by atoms with Crippen molar-refractivity contribution >= 4 is 34.8 Å². The molecule has 0 fully saturated rings. The normalized spacial score (nSPS) is 11.6. The maximum Gasteiger partial charge on any atom is 0.164 e. The fourth-order valence-corrected chi connectivity index (χ4v) is 9.57. The van der Waals surface area contributed by atoms with Crippen LogP contribution in [-0.2, 0) is 0 Å². The summed E-state index contributed by atoms with van der Waals surface area (Å²) in [5.74, 6) is 1.91. The summed E-state index contributed by atoms with van der Waals surface area (Å²) in [6, 6.07) is 73.7. The van der Waals surface area contributed by atoms with Gasteiger partial charge in [0.15, 0.2) is 17.5 Å². The molecule has 9 aromatic carbocycles. The van der Waals surface area contributed by atoms with Crippen molar-refractivity contribution in [1.29, 1.82) is 0 Å². The summed E-state index contributed by atoms with van der Waals surface area (Å²) in [6.07, 6.45) is 0. The van der Waals surface area contributed by atoms with E-state index in [-0.39, 0.29) is 0 Å². The summed E-state index contributed by atoms with van der Waals surface area (Å²) < 4.78 is 0. The van der Waals surface area contributed by atoms with Crippen molar-refractivity contribution in [3.63, 3.8) is 0 Å². The van der Waals surface area contributed by atoms with E-state index in [1.165, 1.54) is 49.0 Å². The summed E-state index contributed by atoms with van der Waals surface area (Å²) in [4.78, 5) is 15.2. The number of rotatable bonds is 8. The van der Waals surface area contributed by atoms with Gasteiger partial charge in [0.1, 0.15) is 0 Å². The zero-order valence-corrected chi connectivity index (χ0v) is 35.0. The van der Waals surface area contributed by atoms with E-state index in [0.29, 0.717) is 17.5 Å². The van der Waals surface area contributed by atoms with Gasteiger partial charge >= 0.3 is 0 Å². The number of nitrogens with zero attached hydrogens (tertiary/aromatic N) is 3. The lowest BCUT2D eigenvalue weighted by Gasteiger charge is -2.20. The Morgan fingerprint density at radius 1 is 0.267 bits per heavy atom.